The van der Waals surface area contributed by atoms with E-state index in [4.69, 9.17) is 0 Å². The largest absolute Gasteiger partial charge is 0.370 e. The van der Waals surface area contributed by atoms with Crippen LogP contribution in [0.4, 0.5) is 5.82 Å². The first kappa shape index (κ1) is 12.9. The average Bonchev–Trinajstić information content (AvgIpc) is 2.75. The lowest BCUT2D eigenvalue weighted by molar-refractivity contribution is 0.544. The van der Waals surface area contributed by atoms with Crippen LogP contribution in [0.25, 0.3) is 5.65 Å². The van der Waals surface area contributed by atoms with Crippen LogP contribution in [0.2, 0.25) is 0 Å². The van der Waals surface area contributed by atoms with Crippen molar-refractivity contribution in [3.05, 3.63) is 24.0 Å². The number of nitrogens with zero attached hydrogens (tertiary/aromatic N) is 3. The third-order valence-corrected chi connectivity index (χ3v) is 3.04. The number of rotatable bonds is 6. The molecule has 2 rings (SSSR count). The van der Waals surface area contributed by atoms with E-state index < -0.39 is 0 Å². The van der Waals surface area contributed by atoms with Crippen LogP contribution in [0, 0.1) is 12.8 Å². The molecule has 0 saturated carbocycles. The molecular formula is C14H22N4. The molecule has 18 heavy (non-hydrogen) atoms. The van der Waals surface area contributed by atoms with E-state index in [0.717, 1.165) is 23.9 Å². The van der Waals surface area contributed by atoms with Gasteiger partial charge in [0.05, 0.1) is 0 Å². The molecule has 0 bridgehead atoms. The molecule has 4 nitrogen and oxygen atoms in total. The molecule has 0 spiro atoms. The lowest BCUT2D eigenvalue weighted by Crippen LogP contribution is -2.07. The number of anilines is 1. The topological polar surface area (TPSA) is 42.2 Å². The highest BCUT2D eigenvalue weighted by Gasteiger charge is 2.03. The van der Waals surface area contributed by atoms with Crippen molar-refractivity contribution >= 4 is 11.5 Å². The number of fused-ring (bicyclic) bond motifs is 1. The second-order valence-electron chi connectivity index (χ2n) is 5.26. The van der Waals surface area contributed by atoms with Gasteiger partial charge in [-0.1, -0.05) is 26.7 Å². The molecule has 0 amide bonds. The van der Waals surface area contributed by atoms with Crippen molar-refractivity contribution in [3.8, 4) is 0 Å². The Morgan fingerprint density at radius 1 is 1.28 bits per heavy atom. The Kier molecular flexibility index (Phi) is 4.18. The summed E-state index contributed by atoms with van der Waals surface area (Å²) >= 11 is 0. The Morgan fingerprint density at radius 2 is 2.11 bits per heavy atom. The predicted molar refractivity (Wildman–Crippen MR) is 74.9 cm³/mol. The Bertz CT molecular complexity index is 501. The standard InChI is InChI=1S/C14H22N4/c1-11(2)6-4-5-7-15-13-8-12(3)9-14-16-10-17-18(13)14/h8-11,15H,4-7H2,1-3H3. The van der Waals surface area contributed by atoms with Crippen LogP contribution < -0.4 is 5.32 Å². The molecule has 4 heteroatoms. The van der Waals surface area contributed by atoms with E-state index >= 15 is 0 Å². The van der Waals surface area contributed by atoms with E-state index in [9.17, 15) is 0 Å². The molecule has 0 aliphatic heterocycles. The second-order valence-corrected chi connectivity index (χ2v) is 5.26. The Labute approximate surface area is 108 Å². The minimum atomic E-state index is 0.797. The third-order valence-electron chi connectivity index (χ3n) is 3.04. The van der Waals surface area contributed by atoms with Crippen molar-refractivity contribution < 1.29 is 0 Å². The van der Waals surface area contributed by atoms with Crippen LogP contribution in [0.5, 0.6) is 0 Å². The summed E-state index contributed by atoms with van der Waals surface area (Å²) in [5.74, 6) is 1.83. The Morgan fingerprint density at radius 3 is 2.89 bits per heavy atom. The molecule has 0 radical (unpaired) electrons. The molecule has 2 heterocycles. The van der Waals surface area contributed by atoms with Gasteiger partial charge in [0.2, 0.25) is 0 Å². The van der Waals surface area contributed by atoms with Gasteiger partial charge in [0, 0.05) is 6.54 Å². The van der Waals surface area contributed by atoms with Gasteiger partial charge in [-0.25, -0.2) is 4.98 Å². The SMILES string of the molecule is Cc1cc(NCCCCC(C)C)n2ncnc2c1. The Hall–Kier alpha value is -1.58. The van der Waals surface area contributed by atoms with Gasteiger partial charge < -0.3 is 5.32 Å². The minimum Gasteiger partial charge on any atom is -0.370 e. The van der Waals surface area contributed by atoms with E-state index in [2.05, 4.69) is 42.2 Å². The second kappa shape index (κ2) is 5.85. The van der Waals surface area contributed by atoms with Crippen LogP contribution in [0.3, 0.4) is 0 Å². The molecular weight excluding hydrogens is 224 g/mol. The number of hydrogen-bond donors (Lipinski definition) is 1. The molecule has 0 unspecified atom stereocenters. The lowest BCUT2D eigenvalue weighted by atomic mass is 10.1. The summed E-state index contributed by atoms with van der Waals surface area (Å²) in [4.78, 5) is 4.22. The number of unbranched alkanes of at least 4 members (excludes halogenated alkanes) is 1. The molecule has 1 N–H and O–H groups in total. The van der Waals surface area contributed by atoms with Gasteiger partial charge >= 0.3 is 0 Å². The van der Waals surface area contributed by atoms with Crippen molar-refractivity contribution in [2.24, 2.45) is 5.92 Å². The molecule has 0 aromatic carbocycles. The zero-order valence-electron chi connectivity index (χ0n) is 11.5. The molecule has 2 aromatic rings. The van der Waals surface area contributed by atoms with Gasteiger partial charge in [-0.3, -0.25) is 0 Å². The summed E-state index contributed by atoms with van der Waals surface area (Å²) < 4.78 is 1.86. The molecule has 0 saturated heterocycles. The van der Waals surface area contributed by atoms with Gasteiger partial charge in [-0.05, 0) is 37.0 Å². The third kappa shape index (κ3) is 3.22. The number of nitrogens with one attached hydrogen (secondary N) is 1. The molecule has 98 valence electrons. The van der Waals surface area contributed by atoms with Crippen molar-refractivity contribution in [2.45, 2.75) is 40.0 Å². The summed E-state index contributed by atoms with van der Waals surface area (Å²) in [5, 5.41) is 7.68. The Balaban J connectivity index is 1.93. The van der Waals surface area contributed by atoms with Crippen LogP contribution in [0.1, 0.15) is 38.7 Å². The first-order valence-corrected chi connectivity index (χ1v) is 6.71. The van der Waals surface area contributed by atoms with Gasteiger partial charge in [0.1, 0.15) is 12.1 Å². The highest BCUT2D eigenvalue weighted by Crippen LogP contribution is 2.13. The number of aromatic nitrogens is 3. The summed E-state index contributed by atoms with van der Waals surface area (Å²) in [6.07, 6.45) is 5.37. The fourth-order valence-corrected chi connectivity index (χ4v) is 2.08. The van der Waals surface area contributed by atoms with Crippen LogP contribution in [-0.2, 0) is 0 Å². The molecule has 0 fully saturated rings. The highest BCUT2D eigenvalue weighted by molar-refractivity contribution is 5.51. The summed E-state index contributed by atoms with van der Waals surface area (Å²) in [6.45, 7) is 7.61. The predicted octanol–water partition coefficient (Wildman–Crippen LogP) is 3.28. The normalized spacial score (nSPS) is 11.3. The lowest BCUT2D eigenvalue weighted by Gasteiger charge is -2.09. The van der Waals surface area contributed by atoms with Crippen molar-refractivity contribution in [3.63, 3.8) is 0 Å². The van der Waals surface area contributed by atoms with Crippen molar-refractivity contribution in [1.29, 1.82) is 0 Å². The quantitative estimate of drug-likeness (QED) is 0.795. The fourth-order valence-electron chi connectivity index (χ4n) is 2.08. The molecule has 2 aromatic heterocycles. The monoisotopic (exact) mass is 246 g/mol. The zero-order chi connectivity index (χ0) is 13.0. The minimum absolute atomic E-state index is 0.797. The van der Waals surface area contributed by atoms with Gasteiger partial charge in [-0.2, -0.15) is 9.61 Å². The number of hydrogen-bond acceptors (Lipinski definition) is 3. The van der Waals surface area contributed by atoms with Crippen LogP contribution in [-0.4, -0.2) is 21.1 Å². The fraction of sp³-hybridized carbons (Fsp3) is 0.571. The van der Waals surface area contributed by atoms with Crippen LogP contribution in [0.15, 0.2) is 18.5 Å². The molecule has 0 aliphatic carbocycles. The highest BCUT2D eigenvalue weighted by atomic mass is 15.3. The van der Waals surface area contributed by atoms with E-state index in [-0.39, 0.29) is 0 Å². The maximum atomic E-state index is 4.23. The summed E-state index contributed by atoms with van der Waals surface area (Å²) in [7, 11) is 0. The molecule has 0 aliphatic rings. The molecule has 0 atom stereocenters. The number of pyridine rings is 1. The van der Waals surface area contributed by atoms with Crippen LogP contribution >= 0.6 is 0 Å². The van der Waals surface area contributed by atoms with E-state index in [1.54, 1.807) is 6.33 Å². The van der Waals surface area contributed by atoms with Crippen molar-refractivity contribution in [2.75, 3.05) is 11.9 Å². The summed E-state index contributed by atoms with van der Waals surface area (Å²) in [5.41, 5.74) is 2.11. The van der Waals surface area contributed by atoms with Crippen molar-refractivity contribution in [1.82, 2.24) is 14.6 Å². The maximum Gasteiger partial charge on any atom is 0.157 e. The van der Waals surface area contributed by atoms with E-state index in [1.807, 2.05) is 10.6 Å². The van der Waals surface area contributed by atoms with Gasteiger partial charge in [0.15, 0.2) is 5.65 Å². The first-order chi connectivity index (χ1) is 8.66. The first-order valence-electron chi connectivity index (χ1n) is 6.71. The zero-order valence-corrected chi connectivity index (χ0v) is 11.5. The summed E-state index contributed by atoms with van der Waals surface area (Å²) in [6, 6.07) is 4.15. The van der Waals surface area contributed by atoms with E-state index in [0.29, 0.717) is 0 Å². The maximum absolute atomic E-state index is 4.23. The van der Waals surface area contributed by atoms with E-state index in [1.165, 1.54) is 24.8 Å². The van der Waals surface area contributed by atoms with Gasteiger partial charge in [-0.15, -0.1) is 0 Å². The average molecular weight is 246 g/mol. The smallest absolute Gasteiger partial charge is 0.157 e. The van der Waals surface area contributed by atoms with Gasteiger partial charge in [0.25, 0.3) is 0 Å². The number of aryl methyl sites for hydroxylation is 1.